The number of amides is 1. The number of carbonyl (C=O) groups excluding carboxylic acids is 1. The Hall–Kier alpha value is -2.37. The van der Waals surface area contributed by atoms with Gasteiger partial charge in [-0.25, -0.2) is 4.39 Å². The summed E-state index contributed by atoms with van der Waals surface area (Å²) in [6.45, 7) is 5.31. The number of benzene rings is 2. The molecule has 1 amide bonds. The van der Waals surface area contributed by atoms with Crippen molar-refractivity contribution < 1.29 is 9.18 Å². The number of hydrogen-bond acceptors (Lipinski definition) is 2. The van der Waals surface area contributed by atoms with Crippen molar-refractivity contribution >= 4 is 28.4 Å². The fourth-order valence-corrected chi connectivity index (χ4v) is 5.94. The van der Waals surface area contributed by atoms with E-state index in [4.69, 9.17) is 11.6 Å². The maximum Gasteiger partial charge on any atom is 0.222 e. The van der Waals surface area contributed by atoms with Crippen molar-refractivity contribution in [3.05, 3.63) is 65.1 Å². The van der Waals surface area contributed by atoms with E-state index in [1.807, 2.05) is 23.1 Å². The molecule has 4 nitrogen and oxygen atoms in total. The van der Waals surface area contributed by atoms with Crippen molar-refractivity contribution in [2.45, 2.75) is 57.3 Å². The number of carbonyl (C=O) groups is 1. The summed E-state index contributed by atoms with van der Waals surface area (Å²) >= 11 is 6.38. The van der Waals surface area contributed by atoms with Crippen LogP contribution in [0.25, 0.3) is 16.6 Å². The van der Waals surface area contributed by atoms with Crippen molar-refractivity contribution in [3.8, 4) is 5.69 Å². The third-order valence-corrected chi connectivity index (χ3v) is 7.99. The van der Waals surface area contributed by atoms with Gasteiger partial charge in [0.15, 0.2) is 0 Å². The van der Waals surface area contributed by atoms with Crippen LogP contribution in [0, 0.1) is 5.82 Å². The number of rotatable bonds is 9. The molecule has 0 atom stereocenters. The first-order chi connectivity index (χ1) is 17.1. The molecule has 5 rings (SSSR count). The molecule has 2 aromatic carbocycles. The van der Waals surface area contributed by atoms with Crippen LogP contribution < -0.4 is 0 Å². The second-order valence-corrected chi connectivity index (χ2v) is 10.5. The largest absolute Gasteiger partial charge is 0.343 e. The highest BCUT2D eigenvalue weighted by molar-refractivity contribution is 6.31. The van der Waals surface area contributed by atoms with Gasteiger partial charge >= 0.3 is 0 Å². The minimum Gasteiger partial charge on any atom is -0.343 e. The molecular weight excluding hydrogens is 461 g/mol. The molecule has 3 aromatic rings. The first-order valence-electron chi connectivity index (χ1n) is 13.1. The van der Waals surface area contributed by atoms with E-state index in [9.17, 15) is 9.18 Å². The molecule has 2 aliphatic rings. The Bertz CT molecular complexity index is 1150. The van der Waals surface area contributed by atoms with Gasteiger partial charge in [0.2, 0.25) is 5.91 Å². The average Bonchev–Trinajstić information content (AvgIpc) is 3.45. The molecule has 3 heterocycles. The summed E-state index contributed by atoms with van der Waals surface area (Å²) in [5.74, 6) is 0.630. The van der Waals surface area contributed by atoms with E-state index in [0.29, 0.717) is 11.8 Å². The number of likely N-dealkylation sites (tertiary alicyclic amines) is 2. The van der Waals surface area contributed by atoms with E-state index < -0.39 is 0 Å². The minimum absolute atomic E-state index is 0.220. The second-order valence-electron chi connectivity index (χ2n) is 10.1. The highest BCUT2D eigenvalue weighted by Gasteiger charge is 2.24. The predicted molar refractivity (Wildman–Crippen MR) is 141 cm³/mol. The number of hydrogen-bond donors (Lipinski definition) is 0. The number of unbranched alkanes of at least 4 members (excludes halogenated alkanes) is 3. The van der Waals surface area contributed by atoms with Crippen LogP contribution in [0.2, 0.25) is 5.02 Å². The molecular formula is C29H35ClFN3O. The molecule has 0 aliphatic carbocycles. The molecule has 6 heteroatoms. The van der Waals surface area contributed by atoms with Gasteiger partial charge < -0.3 is 14.4 Å². The first kappa shape index (κ1) is 24.3. The van der Waals surface area contributed by atoms with Gasteiger partial charge in [-0.15, -0.1) is 0 Å². The zero-order valence-corrected chi connectivity index (χ0v) is 21.2. The Morgan fingerprint density at radius 3 is 2.37 bits per heavy atom. The molecule has 2 aliphatic heterocycles. The standard InChI is InChI=1S/C29H35ClFN3O/c30-23-7-12-28-26(20-23)27(21-34(28)25-10-8-24(31)9-11-25)22-13-18-32(19-14-22)15-3-1-2-4-16-33-17-5-6-29(33)35/h7-12,20-22H,1-6,13-19H2. The van der Waals surface area contributed by atoms with Crippen LogP contribution in [-0.4, -0.2) is 53.0 Å². The topological polar surface area (TPSA) is 28.5 Å². The van der Waals surface area contributed by atoms with Gasteiger partial charge in [0, 0.05) is 41.8 Å². The molecule has 1 aromatic heterocycles. The van der Waals surface area contributed by atoms with Crippen molar-refractivity contribution in [1.82, 2.24) is 14.4 Å². The van der Waals surface area contributed by atoms with Crippen LogP contribution in [0.15, 0.2) is 48.7 Å². The predicted octanol–water partition coefficient (Wildman–Crippen LogP) is 6.79. The van der Waals surface area contributed by atoms with Gasteiger partial charge in [-0.05, 0) is 106 Å². The van der Waals surface area contributed by atoms with E-state index in [2.05, 4.69) is 27.8 Å². The summed E-state index contributed by atoms with van der Waals surface area (Å²) < 4.78 is 15.7. The Kier molecular flexibility index (Phi) is 7.74. The van der Waals surface area contributed by atoms with Gasteiger partial charge in [0.1, 0.15) is 5.82 Å². The number of nitrogens with zero attached hydrogens (tertiary/aromatic N) is 3. The molecule has 0 bridgehead atoms. The lowest BCUT2D eigenvalue weighted by Gasteiger charge is -2.32. The van der Waals surface area contributed by atoms with Crippen molar-refractivity contribution in [2.75, 3.05) is 32.7 Å². The van der Waals surface area contributed by atoms with Crippen LogP contribution in [0.3, 0.4) is 0 Å². The Morgan fingerprint density at radius 2 is 1.66 bits per heavy atom. The van der Waals surface area contributed by atoms with Crippen LogP contribution >= 0.6 is 11.6 Å². The molecule has 0 N–H and O–H groups in total. The molecule has 0 spiro atoms. The van der Waals surface area contributed by atoms with Gasteiger partial charge in [-0.1, -0.05) is 24.4 Å². The molecule has 186 valence electrons. The summed E-state index contributed by atoms with van der Waals surface area (Å²) in [6.07, 6.45) is 11.1. The lowest BCUT2D eigenvalue weighted by atomic mass is 9.89. The molecule has 2 saturated heterocycles. The Balaban J connectivity index is 1.14. The van der Waals surface area contributed by atoms with Crippen molar-refractivity contribution in [1.29, 1.82) is 0 Å². The highest BCUT2D eigenvalue weighted by atomic mass is 35.5. The summed E-state index contributed by atoms with van der Waals surface area (Å²) in [5.41, 5.74) is 3.44. The van der Waals surface area contributed by atoms with Gasteiger partial charge in [-0.2, -0.15) is 0 Å². The summed E-state index contributed by atoms with van der Waals surface area (Å²) in [7, 11) is 0. The molecule has 35 heavy (non-hydrogen) atoms. The highest BCUT2D eigenvalue weighted by Crippen LogP contribution is 2.37. The quantitative estimate of drug-likeness (QED) is 0.306. The normalized spacial score (nSPS) is 17.7. The van der Waals surface area contributed by atoms with Crippen molar-refractivity contribution in [2.24, 2.45) is 0 Å². The fourth-order valence-electron chi connectivity index (χ4n) is 5.77. The molecule has 0 unspecified atom stereocenters. The molecule has 0 saturated carbocycles. The summed E-state index contributed by atoms with van der Waals surface area (Å²) in [5, 5.41) is 1.96. The third-order valence-electron chi connectivity index (χ3n) is 7.75. The van der Waals surface area contributed by atoms with E-state index >= 15 is 0 Å². The number of halogens is 2. The summed E-state index contributed by atoms with van der Waals surface area (Å²) in [4.78, 5) is 16.3. The van der Waals surface area contributed by atoms with Crippen LogP contribution in [0.1, 0.15) is 62.8 Å². The fraction of sp³-hybridized carbons (Fsp3) is 0.483. The van der Waals surface area contributed by atoms with E-state index in [-0.39, 0.29) is 5.82 Å². The SMILES string of the molecule is O=C1CCCN1CCCCCCN1CCC(c2cn(-c3ccc(F)cc3)c3ccc(Cl)cc23)CC1. The van der Waals surface area contributed by atoms with E-state index in [0.717, 1.165) is 74.5 Å². The second kappa shape index (κ2) is 11.1. The number of aromatic nitrogens is 1. The molecule has 0 radical (unpaired) electrons. The minimum atomic E-state index is -0.220. The van der Waals surface area contributed by atoms with Crippen molar-refractivity contribution in [3.63, 3.8) is 0 Å². The molecule has 2 fully saturated rings. The zero-order chi connectivity index (χ0) is 24.2. The first-order valence-corrected chi connectivity index (χ1v) is 13.5. The van der Waals surface area contributed by atoms with Crippen LogP contribution in [0.4, 0.5) is 4.39 Å². The Labute approximate surface area is 212 Å². The monoisotopic (exact) mass is 495 g/mol. The lowest BCUT2D eigenvalue weighted by molar-refractivity contribution is -0.127. The van der Waals surface area contributed by atoms with Crippen LogP contribution in [-0.2, 0) is 4.79 Å². The van der Waals surface area contributed by atoms with Gasteiger partial charge in [0.05, 0.1) is 5.52 Å². The van der Waals surface area contributed by atoms with Gasteiger partial charge in [-0.3, -0.25) is 4.79 Å². The van der Waals surface area contributed by atoms with E-state index in [1.165, 1.54) is 48.9 Å². The van der Waals surface area contributed by atoms with Gasteiger partial charge in [0.25, 0.3) is 0 Å². The number of piperidine rings is 1. The third kappa shape index (κ3) is 5.73. The summed E-state index contributed by atoms with van der Waals surface area (Å²) in [6, 6.07) is 12.8. The van der Waals surface area contributed by atoms with E-state index in [1.54, 1.807) is 0 Å². The maximum atomic E-state index is 13.5. The van der Waals surface area contributed by atoms with Crippen LogP contribution in [0.5, 0.6) is 0 Å². The number of fused-ring (bicyclic) bond motifs is 1. The lowest BCUT2D eigenvalue weighted by Crippen LogP contribution is -2.33. The zero-order valence-electron chi connectivity index (χ0n) is 20.4. The maximum absolute atomic E-state index is 13.5. The Morgan fingerprint density at radius 1 is 0.914 bits per heavy atom. The smallest absolute Gasteiger partial charge is 0.222 e. The average molecular weight is 496 g/mol.